The molecule has 0 aromatic heterocycles. The quantitative estimate of drug-likeness (QED) is 0.919. The van der Waals surface area contributed by atoms with Crippen LogP contribution in [0.25, 0.3) is 0 Å². The van der Waals surface area contributed by atoms with E-state index in [0.29, 0.717) is 26.2 Å². The molecule has 0 saturated carbocycles. The molecule has 1 aliphatic rings. The van der Waals surface area contributed by atoms with E-state index in [-0.39, 0.29) is 11.3 Å². The van der Waals surface area contributed by atoms with Gasteiger partial charge in [-0.1, -0.05) is 50.2 Å². The van der Waals surface area contributed by atoms with E-state index in [1.165, 1.54) is 0 Å². The second kappa shape index (κ2) is 6.95. The summed E-state index contributed by atoms with van der Waals surface area (Å²) >= 11 is 0. The Bertz CT molecular complexity index is 710. The molecule has 0 spiro atoms. The number of ether oxygens (including phenoxy) is 2. The Balaban J connectivity index is 1.62. The summed E-state index contributed by atoms with van der Waals surface area (Å²) < 4.78 is 11.2. The molecule has 0 atom stereocenters. The summed E-state index contributed by atoms with van der Waals surface area (Å²) in [5, 5.41) is 3.04. The molecular formula is C20H23NO3. The first-order chi connectivity index (χ1) is 11.5. The van der Waals surface area contributed by atoms with Gasteiger partial charge in [-0.2, -0.15) is 0 Å². The molecule has 0 unspecified atom stereocenters. The maximum Gasteiger partial charge on any atom is 0.224 e. The van der Waals surface area contributed by atoms with E-state index in [9.17, 15) is 4.79 Å². The van der Waals surface area contributed by atoms with Crippen LogP contribution in [0.5, 0.6) is 11.5 Å². The largest absolute Gasteiger partial charge is 0.486 e. The van der Waals surface area contributed by atoms with Crippen molar-refractivity contribution >= 4 is 5.91 Å². The third-order valence-corrected chi connectivity index (χ3v) is 4.26. The fraction of sp³-hybridized carbons (Fsp3) is 0.350. The van der Waals surface area contributed by atoms with Crippen molar-refractivity contribution in [1.82, 2.24) is 5.32 Å². The number of nitrogens with one attached hydrogen (secondary N) is 1. The minimum atomic E-state index is -0.192. The maximum absolute atomic E-state index is 12.2. The van der Waals surface area contributed by atoms with Crippen LogP contribution in [0.3, 0.4) is 0 Å². The fourth-order valence-electron chi connectivity index (χ4n) is 2.73. The van der Waals surface area contributed by atoms with Crippen molar-refractivity contribution in [3.63, 3.8) is 0 Å². The standard InChI is InChI=1S/C20H23NO3/c1-20(2,14-21-19(22)12-15-6-4-3-5-7-15)16-8-9-17-18(13-16)24-11-10-23-17/h3-9,13H,10-12,14H2,1-2H3,(H,21,22). The number of carbonyl (C=O) groups excluding carboxylic acids is 1. The molecule has 1 heterocycles. The SMILES string of the molecule is CC(C)(CNC(=O)Cc1ccccc1)c1ccc2c(c1)OCCO2. The lowest BCUT2D eigenvalue weighted by Crippen LogP contribution is -2.37. The highest BCUT2D eigenvalue weighted by molar-refractivity contribution is 5.78. The van der Waals surface area contributed by atoms with Crippen LogP contribution in [0, 0.1) is 0 Å². The average Bonchev–Trinajstić information content (AvgIpc) is 2.60. The van der Waals surface area contributed by atoms with Gasteiger partial charge in [0.25, 0.3) is 0 Å². The summed E-state index contributed by atoms with van der Waals surface area (Å²) in [6, 6.07) is 15.8. The predicted octanol–water partition coefficient (Wildman–Crippen LogP) is 3.09. The lowest BCUT2D eigenvalue weighted by Gasteiger charge is -2.28. The third kappa shape index (κ3) is 3.88. The Hall–Kier alpha value is -2.49. The highest BCUT2D eigenvalue weighted by atomic mass is 16.6. The average molecular weight is 325 g/mol. The maximum atomic E-state index is 12.2. The molecule has 3 rings (SSSR count). The second-order valence-electron chi connectivity index (χ2n) is 6.68. The third-order valence-electron chi connectivity index (χ3n) is 4.26. The van der Waals surface area contributed by atoms with Gasteiger partial charge in [-0.25, -0.2) is 0 Å². The van der Waals surface area contributed by atoms with Crippen molar-refractivity contribution in [3.05, 3.63) is 59.7 Å². The molecule has 0 saturated heterocycles. The van der Waals surface area contributed by atoms with Crippen LogP contribution in [-0.4, -0.2) is 25.7 Å². The smallest absolute Gasteiger partial charge is 0.224 e. The van der Waals surface area contributed by atoms with Crippen LogP contribution < -0.4 is 14.8 Å². The summed E-state index contributed by atoms with van der Waals surface area (Å²) in [5.74, 6) is 1.60. The van der Waals surface area contributed by atoms with Crippen LogP contribution in [0.1, 0.15) is 25.0 Å². The lowest BCUT2D eigenvalue weighted by atomic mass is 9.84. The summed E-state index contributed by atoms with van der Waals surface area (Å²) in [6.45, 7) is 5.96. The van der Waals surface area contributed by atoms with E-state index >= 15 is 0 Å². The van der Waals surface area contributed by atoms with Gasteiger partial charge in [0.15, 0.2) is 11.5 Å². The monoisotopic (exact) mass is 325 g/mol. The Morgan fingerprint density at radius 1 is 1.04 bits per heavy atom. The van der Waals surface area contributed by atoms with Crippen molar-refractivity contribution in [1.29, 1.82) is 0 Å². The molecular weight excluding hydrogens is 302 g/mol. The summed E-state index contributed by atoms with van der Waals surface area (Å²) in [7, 11) is 0. The molecule has 2 aromatic carbocycles. The molecule has 4 heteroatoms. The number of carbonyl (C=O) groups is 1. The molecule has 4 nitrogen and oxygen atoms in total. The predicted molar refractivity (Wildman–Crippen MR) is 93.6 cm³/mol. The number of amides is 1. The highest BCUT2D eigenvalue weighted by Gasteiger charge is 2.24. The first kappa shape index (κ1) is 16.4. The molecule has 24 heavy (non-hydrogen) atoms. The summed E-state index contributed by atoms with van der Waals surface area (Å²) in [4.78, 5) is 12.2. The molecule has 1 aliphatic heterocycles. The number of benzene rings is 2. The second-order valence-corrected chi connectivity index (χ2v) is 6.68. The van der Waals surface area contributed by atoms with E-state index in [4.69, 9.17) is 9.47 Å². The molecule has 0 radical (unpaired) electrons. The van der Waals surface area contributed by atoms with Gasteiger partial charge < -0.3 is 14.8 Å². The van der Waals surface area contributed by atoms with Crippen molar-refractivity contribution in [3.8, 4) is 11.5 Å². The summed E-state index contributed by atoms with van der Waals surface area (Å²) in [6.07, 6.45) is 0.401. The van der Waals surface area contributed by atoms with Gasteiger partial charge in [0.1, 0.15) is 13.2 Å². The van der Waals surface area contributed by atoms with E-state index in [1.807, 2.05) is 48.5 Å². The fourth-order valence-corrected chi connectivity index (χ4v) is 2.73. The van der Waals surface area contributed by atoms with Crippen molar-refractivity contribution in [2.24, 2.45) is 0 Å². The summed E-state index contributed by atoms with van der Waals surface area (Å²) in [5.41, 5.74) is 1.95. The zero-order valence-electron chi connectivity index (χ0n) is 14.2. The van der Waals surface area contributed by atoms with Crippen LogP contribution in [0.2, 0.25) is 0 Å². The normalized spacial score (nSPS) is 13.4. The Morgan fingerprint density at radius 2 is 1.75 bits per heavy atom. The van der Waals surface area contributed by atoms with Crippen LogP contribution in [0.15, 0.2) is 48.5 Å². The number of fused-ring (bicyclic) bond motifs is 1. The number of rotatable bonds is 5. The zero-order chi connectivity index (χ0) is 17.0. The Labute approximate surface area is 142 Å². The molecule has 1 amide bonds. The first-order valence-corrected chi connectivity index (χ1v) is 8.25. The minimum Gasteiger partial charge on any atom is -0.486 e. The molecule has 1 N–H and O–H groups in total. The van der Waals surface area contributed by atoms with Gasteiger partial charge in [-0.05, 0) is 23.3 Å². The van der Waals surface area contributed by atoms with E-state index < -0.39 is 0 Å². The van der Waals surface area contributed by atoms with Crippen LogP contribution in [-0.2, 0) is 16.6 Å². The van der Waals surface area contributed by atoms with E-state index in [0.717, 1.165) is 22.6 Å². The van der Waals surface area contributed by atoms with Gasteiger partial charge in [0.2, 0.25) is 5.91 Å². The van der Waals surface area contributed by atoms with Gasteiger partial charge in [0.05, 0.1) is 6.42 Å². The molecule has 0 fully saturated rings. The molecule has 126 valence electrons. The van der Waals surface area contributed by atoms with E-state index in [1.54, 1.807) is 0 Å². The topological polar surface area (TPSA) is 47.6 Å². The minimum absolute atomic E-state index is 0.0341. The van der Waals surface area contributed by atoms with Crippen LogP contribution in [0.4, 0.5) is 0 Å². The van der Waals surface area contributed by atoms with Gasteiger partial charge in [-0.3, -0.25) is 4.79 Å². The van der Waals surface area contributed by atoms with Crippen molar-refractivity contribution in [2.75, 3.05) is 19.8 Å². The Morgan fingerprint density at radius 3 is 2.50 bits per heavy atom. The number of hydrogen-bond donors (Lipinski definition) is 1. The van der Waals surface area contributed by atoms with Gasteiger partial charge >= 0.3 is 0 Å². The number of hydrogen-bond acceptors (Lipinski definition) is 3. The first-order valence-electron chi connectivity index (χ1n) is 8.25. The highest BCUT2D eigenvalue weighted by Crippen LogP contribution is 2.34. The van der Waals surface area contributed by atoms with Gasteiger partial charge in [-0.15, -0.1) is 0 Å². The van der Waals surface area contributed by atoms with Crippen molar-refractivity contribution in [2.45, 2.75) is 25.7 Å². The van der Waals surface area contributed by atoms with Crippen LogP contribution >= 0.6 is 0 Å². The van der Waals surface area contributed by atoms with Crippen molar-refractivity contribution < 1.29 is 14.3 Å². The Kier molecular flexibility index (Phi) is 4.74. The molecule has 0 bridgehead atoms. The van der Waals surface area contributed by atoms with Gasteiger partial charge in [0, 0.05) is 12.0 Å². The lowest BCUT2D eigenvalue weighted by molar-refractivity contribution is -0.120. The molecule has 2 aromatic rings. The van der Waals surface area contributed by atoms with E-state index in [2.05, 4.69) is 19.2 Å². The zero-order valence-corrected chi connectivity index (χ0v) is 14.2. The molecule has 0 aliphatic carbocycles.